The van der Waals surface area contributed by atoms with Crippen molar-refractivity contribution in [2.24, 2.45) is 7.05 Å². The van der Waals surface area contributed by atoms with Crippen LogP contribution in [-0.4, -0.2) is 20.6 Å². The van der Waals surface area contributed by atoms with E-state index < -0.39 is 4.92 Å². The summed E-state index contributed by atoms with van der Waals surface area (Å²) in [5.74, 6) is -0.277. The summed E-state index contributed by atoms with van der Waals surface area (Å²) in [4.78, 5) is 22.2. The maximum Gasteiger partial charge on any atom is 0.269 e. The molecule has 0 aliphatic heterocycles. The molecule has 0 aliphatic rings. The number of nitrogens with one attached hydrogen (secondary N) is 1. The number of carbonyl (C=O) groups is 1. The molecule has 1 aromatic heterocycles. The lowest BCUT2D eigenvalue weighted by atomic mass is 10.1. The van der Waals surface area contributed by atoms with Crippen LogP contribution >= 0.6 is 0 Å². The predicted molar refractivity (Wildman–Crippen MR) is 76.9 cm³/mol. The van der Waals surface area contributed by atoms with Gasteiger partial charge in [0.25, 0.3) is 11.6 Å². The number of aromatic nitrogens is 2. The number of carbonyl (C=O) groups excluding carboxylic acids is 1. The zero-order valence-corrected chi connectivity index (χ0v) is 12.0. The first-order valence-corrected chi connectivity index (χ1v) is 6.44. The molecular weight excluding hydrogens is 272 g/mol. The van der Waals surface area contributed by atoms with E-state index in [1.54, 1.807) is 10.9 Å². The van der Waals surface area contributed by atoms with Crippen molar-refractivity contribution >= 4 is 11.6 Å². The summed E-state index contributed by atoms with van der Waals surface area (Å²) < 4.78 is 1.74. The van der Waals surface area contributed by atoms with Crippen molar-refractivity contribution in [3.63, 3.8) is 0 Å². The number of hydrogen-bond donors (Lipinski definition) is 1. The van der Waals surface area contributed by atoms with E-state index in [1.165, 1.54) is 24.3 Å². The molecule has 1 atom stereocenters. The van der Waals surface area contributed by atoms with Crippen LogP contribution in [-0.2, 0) is 7.05 Å². The normalized spacial score (nSPS) is 12.0. The summed E-state index contributed by atoms with van der Waals surface area (Å²) in [6, 6.07) is 5.32. The van der Waals surface area contributed by atoms with Gasteiger partial charge in [0.05, 0.1) is 17.2 Å². The van der Waals surface area contributed by atoms with Gasteiger partial charge in [-0.05, 0) is 26.0 Å². The van der Waals surface area contributed by atoms with E-state index in [1.807, 2.05) is 20.9 Å². The van der Waals surface area contributed by atoms with E-state index in [0.717, 1.165) is 11.3 Å². The second-order valence-corrected chi connectivity index (χ2v) is 4.81. The van der Waals surface area contributed by atoms with E-state index in [2.05, 4.69) is 10.4 Å². The lowest BCUT2D eigenvalue weighted by Crippen LogP contribution is -2.26. The average Bonchev–Trinajstić information content (AvgIpc) is 2.79. The summed E-state index contributed by atoms with van der Waals surface area (Å²) in [6.45, 7) is 3.80. The van der Waals surface area contributed by atoms with Crippen LogP contribution in [0, 0.1) is 17.0 Å². The molecule has 1 N–H and O–H groups in total. The number of non-ortho nitro benzene ring substituents is 1. The molecule has 2 aromatic rings. The van der Waals surface area contributed by atoms with Crippen molar-refractivity contribution in [1.82, 2.24) is 15.1 Å². The molecule has 0 saturated carbocycles. The summed E-state index contributed by atoms with van der Waals surface area (Å²) in [5, 5.41) is 17.6. The number of amides is 1. The number of aryl methyl sites for hydroxylation is 1. The largest absolute Gasteiger partial charge is 0.345 e. The monoisotopic (exact) mass is 288 g/mol. The fourth-order valence-corrected chi connectivity index (χ4v) is 2.03. The Hall–Kier alpha value is -2.70. The van der Waals surface area contributed by atoms with Crippen LogP contribution in [0.2, 0.25) is 0 Å². The number of nitro groups is 1. The van der Waals surface area contributed by atoms with E-state index in [4.69, 9.17) is 0 Å². The Bertz CT molecular complexity index is 676. The van der Waals surface area contributed by atoms with Crippen molar-refractivity contribution in [2.75, 3.05) is 0 Å². The van der Waals surface area contributed by atoms with Gasteiger partial charge in [-0.25, -0.2) is 0 Å². The lowest BCUT2D eigenvalue weighted by molar-refractivity contribution is -0.384. The predicted octanol–water partition coefficient (Wildman–Crippen LogP) is 2.13. The zero-order valence-electron chi connectivity index (χ0n) is 12.0. The highest BCUT2D eigenvalue weighted by Crippen LogP contribution is 2.17. The van der Waals surface area contributed by atoms with E-state index in [9.17, 15) is 14.9 Å². The minimum absolute atomic E-state index is 0.0392. The Morgan fingerprint density at radius 2 is 2.00 bits per heavy atom. The van der Waals surface area contributed by atoms with Crippen LogP contribution in [0.4, 0.5) is 5.69 Å². The van der Waals surface area contributed by atoms with Gasteiger partial charge in [0.1, 0.15) is 0 Å². The Morgan fingerprint density at radius 1 is 1.38 bits per heavy atom. The highest BCUT2D eigenvalue weighted by atomic mass is 16.6. The van der Waals surface area contributed by atoms with Crippen LogP contribution in [0.5, 0.6) is 0 Å². The van der Waals surface area contributed by atoms with Crippen LogP contribution < -0.4 is 5.32 Å². The minimum Gasteiger partial charge on any atom is -0.345 e. The van der Waals surface area contributed by atoms with Crippen molar-refractivity contribution in [2.45, 2.75) is 19.9 Å². The SMILES string of the molecule is Cc1c([C@@H](C)NC(=O)c2ccc([N+](=O)[O-])cc2)cnn1C. The first-order valence-electron chi connectivity index (χ1n) is 6.44. The second kappa shape index (κ2) is 5.74. The van der Waals surface area contributed by atoms with Crippen molar-refractivity contribution in [3.05, 3.63) is 57.4 Å². The first kappa shape index (κ1) is 14.7. The van der Waals surface area contributed by atoms with E-state index in [-0.39, 0.29) is 17.6 Å². The Morgan fingerprint density at radius 3 is 2.48 bits per heavy atom. The molecule has 21 heavy (non-hydrogen) atoms. The Kier molecular flexibility index (Phi) is 4.02. The van der Waals surface area contributed by atoms with Gasteiger partial charge in [0.15, 0.2) is 0 Å². The van der Waals surface area contributed by atoms with E-state index >= 15 is 0 Å². The molecule has 0 unspecified atom stereocenters. The second-order valence-electron chi connectivity index (χ2n) is 4.81. The molecule has 0 saturated heterocycles. The Labute approximate surface area is 121 Å². The third kappa shape index (κ3) is 3.07. The summed E-state index contributed by atoms with van der Waals surface area (Å²) in [6.07, 6.45) is 1.72. The van der Waals surface area contributed by atoms with Gasteiger partial charge >= 0.3 is 0 Å². The quantitative estimate of drug-likeness (QED) is 0.689. The highest BCUT2D eigenvalue weighted by Gasteiger charge is 2.16. The number of hydrogen-bond acceptors (Lipinski definition) is 4. The molecule has 0 radical (unpaired) electrons. The van der Waals surface area contributed by atoms with Gasteiger partial charge in [-0.3, -0.25) is 19.6 Å². The van der Waals surface area contributed by atoms with Crippen LogP contribution in [0.15, 0.2) is 30.5 Å². The van der Waals surface area contributed by atoms with Crippen LogP contribution in [0.3, 0.4) is 0 Å². The molecule has 7 heteroatoms. The third-order valence-electron chi connectivity index (χ3n) is 3.43. The van der Waals surface area contributed by atoms with Crippen molar-refractivity contribution in [1.29, 1.82) is 0 Å². The van der Waals surface area contributed by atoms with Crippen molar-refractivity contribution < 1.29 is 9.72 Å². The average molecular weight is 288 g/mol. The summed E-state index contributed by atoms with van der Waals surface area (Å²) in [5.41, 5.74) is 2.26. The molecule has 110 valence electrons. The summed E-state index contributed by atoms with van der Waals surface area (Å²) in [7, 11) is 1.84. The number of nitro benzene ring substituents is 1. The molecule has 1 aromatic carbocycles. The molecule has 7 nitrogen and oxygen atoms in total. The maximum atomic E-state index is 12.1. The fourth-order valence-electron chi connectivity index (χ4n) is 2.03. The molecule has 0 spiro atoms. The molecule has 1 amide bonds. The third-order valence-corrected chi connectivity index (χ3v) is 3.43. The first-order chi connectivity index (χ1) is 9.90. The number of nitrogens with zero attached hydrogens (tertiary/aromatic N) is 3. The maximum absolute atomic E-state index is 12.1. The molecule has 2 rings (SSSR count). The Balaban J connectivity index is 2.10. The summed E-state index contributed by atoms with van der Waals surface area (Å²) >= 11 is 0. The van der Waals surface area contributed by atoms with Gasteiger partial charge in [0.2, 0.25) is 0 Å². The standard InChI is InChI=1S/C14H16N4O3/c1-9(13-8-15-17(3)10(13)2)16-14(19)11-4-6-12(7-5-11)18(20)21/h4-9H,1-3H3,(H,16,19)/t9-/m1/s1. The van der Waals surface area contributed by atoms with Gasteiger partial charge < -0.3 is 5.32 Å². The molecule has 1 heterocycles. The van der Waals surface area contributed by atoms with Crippen molar-refractivity contribution in [3.8, 4) is 0 Å². The minimum atomic E-state index is -0.497. The molecular formula is C14H16N4O3. The van der Waals surface area contributed by atoms with Gasteiger partial charge in [-0.15, -0.1) is 0 Å². The van der Waals surface area contributed by atoms with Crippen LogP contribution in [0.25, 0.3) is 0 Å². The van der Waals surface area contributed by atoms with Gasteiger partial charge in [-0.2, -0.15) is 5.10 Å². The van der Waals surface area contributed by atoms with Gasteiger partial charge in [-0.1, -0.05) is 0 Å². The molecule has 0 bridgehead atoms. The van der Waals surface area contributed by atoms with Crippen LogP contribution in [0.1, 0.15) is 34.6 Å². The van der Waals surface area contributed by atoms with E-state index in [0.29, 0.717) is 5.56 Å². The highest BCUT2D eigenvalue weighted by molar-refractivity contribution is 5.94. The molecule has 0 fully saturated rings. The fraction of sp³-hybridized carbons (Fsp3) is 0.286. The lowest BCUT2D eigenvalue weighted by Gasteiger charge is -2.13. The smallest absolute Gasteiger partial charge is 0.269 e. The zero-order chi connectivity index (χ0) is 15.6. The number of rotatable bonds is 4. The topological polar surface area (TPSA) is 90.1 Å². The number of benzene rings is 1. The molecule has 0 aliphatic carbocycles. The van der Waals surface area contributed by atoms with Gasteiger partial charge in [0, 0.05) is 36.0 Å².